The molecule has 0 saturated heterocycles. The summed E-state index contributed by atoms with van der Waals surface area (Å²) in [6.07, 6.45) is 2.12. The molecule has 6 heteroatoms. The molecule has 26 heavy (non-hydrogen) atoms. The van der Waals surface area contributed by atoms with Gasteiger partial charge < -0.3 is 5.32 Å². The number of aromatic nitrogens is 3. The van der Waals surface area contributed by atoms with Crippen molar-refractivity contribution in [3.63, 3.8) is 0 Å². The van der Waals surface area contributed by atoms with Crippen molar-refractivity contribution in [2.45, 2.75) is 46.2 Å². The monoisotopic (exact) mass is 368 g/mol. The van der Waals surface area contributed by atoms with E-state index in [4.69, 9.17) is 0 Å². The van der Waals surface area contributed by atoms with Gasteiger partial charge in [-0.1, -0.05) is 30.3 Å². The summed E-state index contributed by atoms with van der Waals surface area (Å²) in [4.78, 5) is 16.6. The molecule has 136 valence electrons. The molecule has 0 aliphatic carbocycles. The van der Waals surface area contributed by atoms with Crippen molar-refractivity contribution in [1.29, 1.82) is 0 Å². The summed E-state index contributed by atoms with van der Waals surface area (Å²) in [5.74, 6) is 0.0594. The van der Waals surface area contributed by atoms with Crippen LogP contribution < -0.4 is 5.32 Å². The predicted octanol–water partition coefficient (Wildman–Crippen LogP) is 3.64. The maximum atomic E-state index is 12.0. The van der Waals surface area contributed by atoms with E-state index in [-0.39, 0.29) is 5.91 Å². The molecule has 2 heterocycles. The molecule has 0 radical (unpaired) electrons. The molecule has 0 aliphatic rings. The van der Waals surface area contributed by atoms with Gasteiger partial charge in [0.15, 0.2) is 0 Å². The van der Waals surface area contributed by atoms with Crippen LogP contribution >= 0.6 is 11.3 Å². The number of nitrogens with zero attached hydrogens (tertiary/aromatic N) is 3. The Hall–Kier alpha value is -2.47. The van der Waals surface area contributed by atoms with Crippen LogP contribution in [0, 0.1) is 13.8 Å². The van der Waals surface area contributed by atoms with E-state index in [2.05, 4.69) is 33.6 Å². The highest BCUT2D eigenvalue weighted by atomic mass is 32.1. The van der Waals surface area contributed by atoms with Crippen LogP contribution in [0.2, 0.25) is 0 Å². The van der Waals surface area contributed by atoms with Gasteiger partial charge in [-0.3, -0.25) is 9.48 Å². The molecule has 1 aromatic carbocycles. The Labute approximate surface area is 158 Å². The highest BCUT2D eigenvalue weighted by molar-refractivity contribution is 7.09. The lowest BCUT2D eigenvalue weighted by Crippen LogP contribution is -2.23. The Morgan fingerprint density at radius 3 is 2.77 bits per heavy atom. The van der Waals surface area contributed by atoms with Crippen molar-refractivity contribution in [1.82, 2.24) is 20.1 Å². The molecule has 1 N–H and O–H groups in total. The second kappa shape index (κ2) is 8.76. The normalized spacial score (nSPS) is 10.8. The van der Waals surface area contributed by atoms with E-state index >= 15 is 0 Å². The highest BCUT2D eigenvalue weighted by Crippen LogP contribution is 2.14. The lowest BCUT2D eigenvalue weighted by atomic mass is 10.2. The fourth-order valence-electron chi connectivity index (χ4n) is 2.85. The fourth-order valence-corrected chi connectivity index (χ4v) is 3.68. The zero-order chi connectivity index (χ0) is 18.4. The number of carbonyl (C=O) groups is 1. The van der Waals surface area contributed by atoms with Crippen LogP contribution in [0.4, 0.5) is 0 Å². The van der Waals surface area contributed by atoms with Crippen LogP contribution in [0.25, 0.3) is 0 Å². The molecule has 0 atom stereocenters. The molecule has 0 fully saturated rings. The van der Waals surface area contributed by atoms with E-state index < -0.39 is 0 Å². The smallest absolute Gasteiger partial charge is 0.220 e. The van der Waals surface area contributed by atoms with Gasteiger partial charge in [0, 0.05) is 30.5 Å². The average molecular weight is 369 g/mol. The minimum Gasteiger partial charge on any atom is -0.350 e. The van der Waals surface area contributed by atoms with E-state index in [9.17, 15) is 4.79 Å². The first-order chi connectivity index (χ1) is 12.6. The van der Waals surface area contributed by atoms with Crippen molar-refractivity contribution >= 4 is 17.2 Å². The number of benzene rings is 1. The standard InChI is InChI=1S/C20H24N4OS/c1-15-11-16(2)24(23-15)10-6-9-19(25)21-13-18-14-26-20(22-18)12-17-7-4-3-5-8-17/h3-5,7-8,11,14H,6,9-10,12-13H2,1-2H3,(H,21,25). The fraction of sp³-hybridized carbons (Fsp3) is 0.350. The summed E-state index contributed by atoms with van der Waals surface area (Å²) in [6, 6.07) is 12.3. The predicted molar refractivity (Wildman–Crippen MR) is 104 cm³/mol. The maximum Gasteiger partial charge on any atom is 0.220 e. The third kappa shape index (κ3) is 5.26. The topological polar surface area (TPSA) is 59.8 Å². The van der Waals surface area contributed by atoms with Gasteiger partial charge >= 0.3 is 0 Å². The van der Waals surface area contributed by atoms with Gasteiger partial charge in [0.05, 0.1) is 22.9 Å². The minimum atomic E-state index is 0.0594. The SMILES string of the molecule is Cc1cc(C)n(CCCC(=O)NCc2csc(Cc3ccccc3)n2)n1. The van der Waals surface area contributed by atoms with E-state index in [1.807, 2.05) is 42.1 Å². The first-order valence-electron chi connectivity index (χ1n) is 8.85. The maximum absolute atomic E-state index is 12.0. The molecule has 5 nitrogen and oxygen atoms in total. The molecule has 0 spiro atoms. The summed E-state index contributed by atoms with van der Waals surface area (Å²) in [7, 11) is 0. The first-order valence-corrected chi connectivity index (χ1v) is 9.73. The Kier molecular flexibility index (Phi) is 6.17. The summed E-state index contributed by atoms with van der Waals surface area (Å²) >= 11 is 1.64. The largest absolute Gasteiger partial charge is 0.350 e. The molecular weight excluding hydrogens is 344 g/mol. The first kappa shape index (κ1) is 18.3. The number of thiazole rings is 1. The molecule has 3 rings (SSSR count). The van der Waals surface area contributed by atoms with Crippen molar-refractivity contribution in [3.05, 3.63) is 69.4 Å². The Bertz CT molecular complexity index is 854. The van der Waals surface area contributed by atoms with Crippen molar-refractivity contribution in [3.8, 4) is 0 Å². The van der Waals surface area contributed by atoms with Gasteiger partial charge in [0.1, 0.15) is 0 Å². The van der Waals surface area contributed by atoms with Gasteiger partial charge in [0.25, 0.3) is 0 Å². The van der Waals surface area contributed by atoms with Crippen molar-refractivity contribution in [2.24, 2.45) is 0 Å². The van der Waals surface area contributed by atoms with Crippen LogP contribution in [0.3, 0.4) is 0 Å². The molecule has 1 amide bonds. The van der Waals surface area contributed by atoms with E-state index in [1.54, 1.807) is 11.3 Å². The molecule has 3 aromatic rings. The Balaban J connectivity index is 1.40. The van der Waals surface area contributed by atoms with Gasteiger partial charge in [0.2, 0.25) is 5.91 Å². The molecule has 2 aromatic heterocycles. The number of amides is 1. The Morgan fingerprint density at radius 1 is 1.23 bits per heavy atom. The molecule has 0 saturated carbocycles. The lowest BCUT2D eigenvalue weighted by molar-refractivity contribution is -0.121. The zero-order valence-electron chi connectivity index (χ0n) is 15.2. The highest BCUT2D eigenvalue weighted by Gasteiger charge is 2.07. The van der Waals surface area contributed by atoms with Gasteiger partial charge in [-0.15, -0.1) is 11.3 Å². The number of rotatable bonds is 8. The average Bonchev–Trinajstić information content (AvgIpc) is 3.20. The molecule has 0 bridgehead atoms. The van der Waals surface area contributed by atoms with Crippen molar-refractivity contribution in [2.75, 3.05) is 0 Å². The zero-order valence-corrected chi connectivity index (χ0v) is 16.1. The van der Waals surface area contributed by atoms with E-state index in [0.717, 1.165) is 41.5 Å². The summed E-state index contributed by atoms with van der Waals surface area (Å²) in [5, 5.41) is 10.5. The Morgan fingerprint density at radius 2 is 2.04 bits per heavy atom. The number of aryl methyl sites for hydroxylation is 3. The van der Waals surface area contributed by atoms with E-state index in [0.29, 0.717) is 13.0 Å². The van der Waals surface area contributed by atoms with E-state index in [1.165, 1.54) is 5.56 Å². The number of hydrogen-bond acceptors (Lipinski definition) is 4. The van der Waals surface area contributed by atoms with Crippen LogP contribution in [0.5, 0.6) is 0 Å². The third-order valence-corrected chi connectivity index (χ3v) is 5.04. The van der Waals surface area contributed by atoms with Crippen LogP contribution in [0.15, 0.2) is 41.8 Å². The second-order valence-corrected chi connectivity index (χ2v) is 7.37. The summed E-state index contributed by atoms with van der Waals surface area (Å²) in [5.41, 5.74) is 4.33. The summed E-state index contributed by atoms with van der Waals surface area (Å²) < 4.78 is 1.96. The van der Waals surface area contributed by atoms with Gasteiger partial charge in [-0.05, 0) is 31.9 Å². The summed E-state index contributed by atoms with van der Waals surface area (Å²) in [6.45, 7) is 5.28. The van der Waals surface area contributed by atoms with Gasteiger partial charge in [-0.25, -0.2) is 4.98 Å². The quantitative estimate of drug-likeness (QED) is 0.660. The number of hydrogen-bond donors (Lipinski definition) is 1. The van der Waals surface area contributed by atoms with Gasteiger partial charge in [-0.2, -0.15) is 5.10 Å². The van der Waals surface area contributed by atoms with Crippen LogP contribution in [-0.4, -0.2) is 20.7 Å². The molecule has 0 aliphatic heterocycles. The molecule has 0 unspecified atom stereocenters. The molecular formula is C20H24N4OS. The van der Waals surface area contributed by atoms with Crippen LogP contribution in [0.1, 0.15) is 40.5 Å². The number of carbonyl (C=O) groups excluding carboxylic acids is 1. The lowest BCUT2D eigenvalue weighted by Gasteiger charge is -2.05. The number of nitrogens with one attached hydrogen (secondary N) is 1. The minimum absolute atomic E-state index is 0.0594. The van der Waals surface area contributed by atoms with Crippen molar-refractivity contribution < 1.29 is 4.79 Å². The van der Waals surface area contributed by atoms with Crippen LogP contribution in [-0.2, 0) is 24.3 Å². The third-order valence-electron chi connectivity index (χ3n) is 4.14. The second-order valence-electron chi connectivity index (χ2n) is 6.43.